The number of aryl methyl sites for hydroxylation is 1. The normalized spacial score (nSPS) is 10.7. The summed E-state index contributed by atoms with van der Waals surface area (Å²) in [4.78, 5) is 14.2. The van der Waals surface area contributed by atoms with E-state index >= 15 is 0 Å². The summed E-state index contributed by atoms with van der Waals surface area (Å²) in [5.41, 5.74) is 2.04. The molecular formula is C18H18FN5O. The number of nitrogens with zero attached hydrogens (tertiary/aromatic N) is 5. The van der Waals surface area contributed by atoms with Crippen LogP contribution < -0.4 is 0 Å². The molecule has 0 aliphatic rings. The van der Waals surface area contributed by atoms with Gasteiger partial charge in [-0.2, -0.15) is 0 Å². The predicted molar refractivity (Wildman–Crippen MR) is 91.1 cm³/mol. The second-order valence-electron chi connectivity index (χ2n) is 5.69. The molecule has 0 bridgehead atoms. The van der Waals surface area contributed by atoms with Gasteiger partial charge in [0, 0.05) is 31.3 Å². The highest BCUT2D eigenvalue weighted by atomic mass is 19.1. The van der Waals surface area contributed by atoms with E-state index in [4.69, 9.17) is 0 Å². The minimum atomic E-state index is -0.313. The van der Waals surface area contributed by atoms with Crippen molar-refractivity contribution in [3.63, 3.8) is 0 Å². The van der Waals surface area contributed by atoms with Crippen molar-refractivity contribution in [2.75, 3.05) is 7.05 Å². The lowest BCUT2D eigenvalue weighted by Gasteiger charge is -2.17. The van der Waals surface area contributed by atoms with Crippen molar-refractivity contribution in [3.8, 4) is 11.4 Å². The average molecular weight is 339 g/mol. The van der Waals surface area contributed by atoms with Gasteiger partial charge >= 0.3 is 0 Å². The molecule has 1 heterocycles. The van der Waals surface area contributed by atoms with Crippen molar-refractivity contribution in [3.05, 3.63) is 65.5 Å². The SMILES string of the molecule is CCn1nnnc1-c1cccc(C(=O)N(C)Cc2cccc(F)c2)c1. The Morgan fingerprint density at radius 2 is 2.00 bits per heavy atom. The number of carbonyl (C=O) groups excluding carboxylic acids is 1. The molecule has 0 saturated heterocycles. The number of amides is 1. The molecular weight excluding hydrogens is 321 g/mol. The largest absolute Gasteiger partial charge is 0.337 e. The first-order valence-corrected chi connectivity index (χ1v) is 7.95. The van der Waals surface area contributed by atoms with E-state index in [2.05, 4.69) is 15.5 Å². The summed E-state index contributed by atoms with van der Waals surface area (Å²) < 4.78 is 15.0. The summed E-state index contributed by atoms with van der Waals surface area (Å²) in [5, 5.41) is 11.6. The first kappa shape index (κ1) is 16.8. The zero-order chi connectivity index (χ0) is 17.8. The number of hydrogen-bond acceptors (Lipinski definition) is 4. The van der Waals surface area contributed by atoms with E-state index in [9.17, 15) is 9.18 Å². The monoisotopic (exact) mass is 339 g/mol. The van der Waals surface area contributed by atoms with Crippen molar-refractivity contribution in [1.29, 1.82) is 0 Å². The first-order chi connectivity index (χ1) is 12.1. The molecule has 7 heteroatoms. The van der Waals surface area contributed by atoms with Gasteiger partial charge < -0.3 is 4.90 Å². The summed E-state index contributed by atoms with van der Waals surface area (Å²) in [5.74, 6) is 0.151. The topological polar surface area (TPSA) is 63.9 Å². The lowest BCUT2D eigenvalue weighted by molar-refractivity contribution is 0.0785. The van der Waals surface area contributed by atoms with E-state index in [1.165, 1.54) is 12.1 Å². The molecule has 6 nitrogen and oxygen atoms in total. The van der Waals surface area contributed by atoms with E-state index in [0.717, 1.165) is 11.1 Å². The van der Waals surface area contributed by atoms with Crippen LogP contribution in [0.25, 0.3) is 11.4 Å². The highest BCUT2D eigenvalue weighted by Gasteiger charge is 2.15. The Morgan fingerprint density at radius 3 is 2.76 bits per heavy atom. The number of carbonyl (C=O) groups is 1. The smallest absolute Gasteiger partial charge is 0.253 e. The quantitative estimate of drug-likeness (QED) is 0.717. The molecule has 128 valence electrons. The van der Waals surface area contributed by atoms with Crippen LogP contribution in [0.2, 0.25) is 0 Å². The highest BCUT2D eigenvalue weighted by Crippen LogP contribution is 2.19. The Bertz CT molecular complexity index is 892. The standard InChI is InChI=1S/C18H18FN5O/c1-3-24-17(20-21-22-24)14-7-5-8-15(11-14)18(25)23(2)12-13-6-4-9-16(19)10-13/h4-11H,3,12H2,1-2H3. The summed E-state index contributed by atoms with van der Waals surface area (Å²) in [7, 11) is 1.69. The van der Waals surface area contributed by atoms with Crippen molar-refractivity contribution in [2.24, 2.45) is 0 Å². The molecule has 0 fully saturated rings. The number of aromatic nitrogens is 4. The van der Waals surface area contributed by atoms with Crippen LogP contribution in [0.5, 0.6) is 0 Å². The third kappa shape index (κ3) is 3.71. The highest BCUT2D eigenvalue weighted by molar-refractivity contribution is 5.95. The Morgan fingerprint density at radius 1 is 1.20 bits per heavy atom. The molecule has 0 aliphatic carbocycles. The van der Waals surface area contributed by atoms with Gasteiger partial charge in [-0.1, -0.05) is 24.3 Å². The van der Waals surface area contributed by atoms with Crippen LogP contribution in [-0.2, 0) is 13.1 Å². The molecule has 0 N–H and O–H groups in total. The Labute approximate surface area is 144 Å². The predicted octanol–water partition coefficient (Wildman–Crippen LogP) is 2.77. The molecule has 0 radical (unpaired) electrons. The van der Waals surface area contributed by atoms with Gasteiger partial charge in [-0.25, -0.2) is 9.07 Å². The molecule has 0 saturated carbocycles. The average Bonchev–Trinajstić information content (AvgIpc) is 3.10. The van der Waals surface area contributed by atoms with Gasteiger partial charge in [0.1, 0.15) is 5.82 Å². The van der Waals surface area contributed by atoms with Crippen molar-refractivity contribution in [2.45, 2.75) is 20.0 Å². The van der Waals surface area contributed by atoms with Gasteiger partial charge in [-0.3, -0.25) is 4.79 Å². The fraction of sp³-hybridized carbons (Fsp3) is 0.222. The maximum atomic E-state index is 13.3. The molecule has 0 unspecified atom stereocenters. The summed E-state index contributed by atoms with van der Waals surface area (Å²) in [6, 6.07) is 13.4. The Hall–Kier alpha value is -3.09. The van der Waals surface area contributed by atoms with Crippen LogP contribution in [0.4, 0.5) is 4.39 Å². The van der Waals surface area contributed by atoms with E-state index in [1.54, 1.807) is 47.0 Å². The van der Waals surface area contributed by atoms with Crippen LogP contribution in [0.3, 0.4) is 0 Å². The molecule has 2 aromatic carbocycles. The van der Waals surface area contributed by atoms with Gasteiger partial charge in [-0.05, 0) is 47.2 Å². The molecule has 0 spiro atoms. The van der Waals surface area contributed by atoms with Crippen molar-refractivity contribution >= 4 is 5.91 Å². The number of halogens is 1. The van der Waals surface area contributed by atoms with E-state index in [-0.39, 0.29) is 11.7 Å². The van der Waals surface area contributed by atoms with Crippen molar-refractivity contribution < 1.29 is 9.18 Å². The first-order valence-electron chi connectivity index (χ1n) is 7.95. The van der Waals surface area contributed by atoms with Crippen LogP contribution >= 0.6 is 0 Å². The number of benzene rings is 2. The van der Waals surface area contributed by atoms with Crippen LogP contribution in [0.15, 0.2) is 48.5 Å². The molecule has 3 rings (SSSR count). The van der Waals surface area contributed by atoms with Gasteiger partial charge in [0.05, 0.1) is 0 Å². The van der Waals surface area contributed by atoms with Crippen LogP contribution in [0.1, 0.15) is 22.8 Å². The minimum Gasteiger partial charge on any atom is -0.337 e. The minimum absolute atomic E-state index is 0.151. The molecule has 0 atom stereocenters. The zero-order valence-corrected chi connectivity index (χ0v) is 14.1. The fourth-order valence-electron chi connectivity index (χ4n) is 2.62. The van der Waals surface area contributed by atoms with Crippen molar-refractivity contribution in [1.82, 2.24) is 25.1 Å². The van der Waals surface area contributed by atoms with E-state index in [0.29, 0.717) is 24.5 Å². The van der Waals surface area contributed by atoms with Crippen LogP contribution in [0, 0.1) is 5.82 Å². The third-order valence-electron chi connectivity index (χ3n) is 3.85. The summed E-state index contributed by atoms with van der Waals surface area (Å²) >= 11 is 0. The third-order valence-corrected chi connectivity index (χ3v) is 3.85. The summed E-state index contributed by atoms with van der Waals surface area (Å²) in [6.45, 7) is 2.91. The van der Waals surface area contributed by atoms with E-state index < -0.39 is 0 Å². The maximum absolute atomic E-state index is 13.3. The molecule has 1 aromatic heterocycles. The Balaban J connectivity index is 1.81. The lowest BCUT2D eigenvalue weighted by Crippen LogP contribution is -2.26. The number of hydrogen-bond donors (Lipinski definition) is 0. The molecule has 3 aromatic rings. The van der Waals surface area contributed by atoms with Gasteiger partial charge in [-0.15, -0.1) is 5.10 Å². The van der Waals surface area contributed by atoms with Gasteiger partial charge in [0.15, 0.2) is 5.82 Å². The second kappa shape index (κ2) is 7.21. The number of tetrazole rings is 1. The molecule has 1 amide bonds. The summed E-state index contributed by atoms with van der Waals surface area (Å²) in [6.07, 6.45) is 0. The van der Waals surface area contributed by atoms with Crippen LogP contribution in [-0.4, -0.2) is 38.1 Å². The lowest BCUT2D eigenvalue weighted by atomic mass is 10.1. The maximum Gasteiger partial charge on any atom is 0.253 e. The number of rotatable bonds is 5. The second-order valence-corrected chi connectivity index (χ2v) is 5.69. The fourth-order valence-corrected chi connectivity index (χ4v) is 2.62. The Kier molecular flexibility index (Phi) is 4.83. The molecule has 0 aliphatic heterocycles. The van der Waals surface area contributed by atoms with Gasteiger partial charge in [0.2, 0.25) is 0 Å². The van der Waals surface area contributed by atoms with Gasteiger partial charge in [0.25, 0.3) is 5.91 Å². The van der Waals surface area contributed by atoms with E-state index in [1.807, 2.05) is 13.0 Å². The molecule has 25 heavy (non-hydrogen) atoms. The zero-order valence-electron chi connectivity index (χ0n) is 14.1.